The fourth-order valence-corrected chi connectivity index (χ4v) is 2.04. The SMILES string of the molecule is CC1CCCC(CCO)CC1. The van der Waals surface area contributed by atoms with Gasteiger partial charge in [0.25, 0.3) is 0 Å². The summed E-state index contributed by atoms with van der Waals surface area (Å²) in [4.78, 5) is 0. The lowest BCUT2D eigenvalue weighted by Gasteiger charge is -2.11. The highest BCUT2D eigenvalue weighted by atomic mass is 16.3. The highest BCUT2D eigenvalue weighted by molar-refractivity contribution is 4.67. The molecule has 0 aromatic heterocycles. The average Bonchev–Trinajstić information content (AvgIpc) is 2.17. The third-order valence-corrected chi connectivity index (χ3v) is 2.91. The Morgan fingerprint density at radius 3 is 2.73 bits per heavy atom. The second-order valence-electron chi connectivity index (χ2n) is 3.99. The molecule has 1 fully saturated rings. The summed E-state index contributed by atoms with van der Waals surface area (Å²) in [5.41, 5.74) is 0. The van der Waals surface area contributed by atoms with Crippen LogP contribution in [0, 0.1) is 11.8 Å². The van der Waals surface area contributed by atoms with Crippen LogP contribution < -0.4 is 0 Å². The number of rotatable bonds is 2. The quantitative estimate of drug-likeness (QED) is 0.609. The van der Waals surface area contributed by atoms with Crippen LogP contribution in [0.2, 0.25) is 0 Å². The lowest BCUT2D eigenvalue weighted by molar-refractivity contribution is 0.247. The van der Waals surface area contributed by atoms with E-state index in [0.29, 0.717) is 6.61 Å². The molecule has 0 bridgehead atoms. The lowest BCUT2D eigenvalue weighted by Crippen LogP contribution is -2.01. The van der Waals surface area contributed by atoms with Crippen LogP contribution in [-0.2, 0) is 0 Å². The first-order valence-electron chi connectivity index (χ1n) is 4.93. The van der Waals surface area contributed by atoms with E-state index in [1.54, 1.807) is 0 Å². The van der Waals surface area contributed by atoms with E-state index in [1.165, 1.54) is 32.1 Å². The van der Waals surface area contributed by atoms with Crippen molar-refractivity contribution >= 4 is 0 Å². The van der Waals surface area contributed by atoms with Gasteiger partial charge in [0.2, 0.25) is 0 Å². The maximum atomic E-state index is 8.78. The van der Waals surface area contributed by atoms with Crippen molar-refractivity contribution in [1.29, 1.82) is 0 Å². The molecule has 0 aliphatic heterocycles. The molecule has 0 spiro atoms. The van der Waals surface area contributed by atoms with Crippen LogP contribution in [0.25, 0.3) is 0 Å². The summed E-state index contributed by atoms with van der Waals surface area (Å²) in [7, 11) is 0. The zero-order valence-corrected chi connectivity index (χ0v) is 7.55. The summed E-state index contributed by atoms with van der Waals surface area (Å²) in [5.74, 6) is 1.75. The van der Waals surface area contributed by atoms with Crippen molar-refractivity contribution in [2.45, 2.75) is 45.4 Å². The summed E-state index contributed by atoms with van der Waals surface area (Å²) in [6.45, 7) is 2.74. The Morgan fingerprint density at radius 2 is 2.00 bits per heavy atom. The predicted molar refractivity (Wildman–Crippen MR) is 47.4 cm³/mol. The molecule has 1 rings (SSSR count). The van der Waals surface area contributed by atoms with Gasteiger partial charge < -0.3 is 5.11 Å². The zero-order valence-electron chi connectivity index (χ0n) is 7.55. The number of hydrogen-bond donors (Lipinski definition) is 1. The summed E-state index contributed by atoms with van der Waals surface area (Å²) in [6.07, 6.45) is 7.90. The van der Waals surface area contributed by atoms with Crippen molar-refractivity contribution in [3.05, 3.63) is 0 Å². The third-order valence-electron chi connectivity index (χ3n) is 2.91. The van der Waals surface area contributed by atoms with Gasteiger partial charge in [0, 0.05) is 6.61 Å². The second-order valence-corrected chi connectivity index (χ2v) is 3.99. The van der Waals surface area contributed by atoms with Gasteiger partial charge in [-0.25, -0.2) is 0 Å². The van der Waals surface area contributed by atoms with Crippen LogP contribution in [-0.4, -0.2) is 11.7 Å². The Kier molecular flexibility index (Phi) is 3.92. The average molecular weight is 156 g/mol. The first-order chi connectivity index (χ1) is 5.33. The molecule has 2 unspecified atom stereocenters. The first kappa shape index (κ1) is 9.05. The molecule has 2 atom stereocenters. The highest BCUT2D eigenvalue weighted by Gasteiger charge is 2.14. The molecule has 0 saturated heterocycles. The summed E-state index contributed by atoms with van der Waals surface area (Å²) < 4.78 is 0. The topological polar surface area (TPSA) is 20.2 Å². The third kappa shape index (κ3) is 3.24. The molecule has 0 aromatic rings. The number of aliphatic hydroxyl groups is 1. The Morgan fingerprint density at radius 1 is 1.18 bits per heavy atom. The molecular formula is C10H20O. The van der Waals surface area contributed by atoms with Crippen molar-refractivity contribution < 1.29 is 5.11 Å². The smallest absolute Gasteiger partial charge is 0.0433 e. The molecule has 1 saturated carbocycles. The van der Waals surface area contributed by atoms with E-state index in [-0.39, 0.29) is 0 Å². The second kappa shape index (κ2) is 4.76. The molecular weight excluding hydrogens is 136 g/mol. The molecule has 66 valence electrons. The summed E-state index contributed by atoms with van der Waals surface area (Å²) >= 11 is 0. The van der Waals surface area contributed by atoms with Gasteiger partial charge in [0.05, 0.1) is 0 Å². The van der Waals surface area contributed by atoms with Gasteiger partial charge in [-0.1, -0.05) is 39.0 Å². The molecule has 1 heteroatoms. The largest absolute Gasteiger partial charge is 0.396 e. The molecule has 0 radical (unpaired) electrons. The van der Waals surface area contributed by atoms with E-state index in [9.17, 15) is 0 Å². The van der Waals surface area contributed by atoms with Crippen LogP contribution in [0.15, 0.2) is 0 Å². The van der Waals surface area contributed by atoms with Crippen LogP contribution in [0.3, 0.4) is 0 Å². The van der Waals surface area contributed by atoms with Gasteiger partial charge in [-0.3, -0.25) is 0 Å². The Balaban J connectivity index is 2.22. The van der Waals surface area contributed by atoms with E-state index in [1.807, 2.05) is 0 Å². The van der Waals surface area contributed by atoms with Crippen LogP contribution in [0.5, 0.6) is 0 Å². The Bertz CT molecular complexity index is 101. The van der Waals surface area contributed by atoms with E-state index < -0.39 is 0 Å². The van der Waals surface area contributed by atoms with Gasteiger partial charge in [0.1, 0.15) is 0 Å². The fraction of sp³-hybridized carbons (Fsp3) is 1.00. The van der Waals surface area contributed by atoms with Crippen molar-refractivity contribution in [2.24, 2.45) is 11.8 Å². The fourth-order valence-electron chi connectivity index (χ4n) is 2.04. The van der Waals surface area contributed by atoms with E-state index in [2.05, 4.69) is 6.92 Å². The van der Waals surface area contributed by atoms with E-state index in [0.717, 1.165) is 18.3 Å². The van der Waals surface area contributed by atoms with E-state index >= 15 is 0 Å². The lowest BCUT2D eigenvalue weighted by atomic mass is 9.96. The van der Waals surface area contributed by atoms with Crippen LogP contribution in [0.1, 0.15) is 45.4 Å². The molecule has 11 heavy (non-hydrogen) atoms. The van der Waals surface area contributed by atoms with Gasteiger partial charge in [-0.05, 0) is 18.3 Å². The van der Waals surface area contributed by atoms with Crippen molar-refractivity contribution in [3.63, 3.8) is 0 Å². The molecule has 1 aliphatic carbocycles. The summed E-state index contributed by atoms with van der Waals surface area (Å²) in [5, 5.41) is 8.78. The Hall–Kier alpha value is -0.0400. The minimum absolute atomic E-state index is 0.388. The molecule has 1 N–H and O–H groups in total. The maximum Gasteiger partial charge on any atom is 0.0433 e. The van der Waals surface area contributed by atoms with Gasteiger partial charge in [-0.2, -0.15) is 0 Å². The zero-order chi connectivity index (χ0) is 8.10. The molecule has 1 nitrogen and oxygen atoms in total. The molecule has 0 aromatic carbocycles. The Labute approximate surface area is 69.8 Å². The maximum absolute atomic E-state index is 8.78. The summed E-state index contributed by atoms with van der Waals surface area (Å²) in [6, 6.07) is 0. The van der Waals surface area contributed by atoms with Crippen LogP contribution in [0.4, 0.5) is 0 Å². The number of aliphatic hydroxyl groups excluding tert-OH is 1. The predicted octanol–water partition coefficient (Wildman–Crippen LogP) is 2.59. The monoisotopic (exact) mass is 156 g/mol. The molecule has 0 heterocycles. The van der Waals surface area contributed by atoms with E-state index in [4.69, 9.17) is 5.11 Å². The van der Waals surface area contributed by atoms with Crippen molar-refractivity contribution in [1.82, 2.24) is 0 Å². The van der Waals surface area contributed by atoms with Crippen molar-refractivity contribution in [2.75, 3.05) is 6.61 Å². The van der Waals surface area contributed by atoms with Gasteiger partial charge in [-0.15, -0.1) is 0 Å². The minimum Gasteiger partial charge on any atom is -0.396 e. The van der Waals surface area contributed by atoms with Gasteiger partial charge >= 0.3 is 0 Å². The minimum atomic E-state index is 0.388. The number of hydrogen-bond acceptors (Lipinski definition) is 1. The first-order valence-corrected chi connectivity index (χ1v) is 4.93. The van der Waals surface area contributed by atoms with Crippen molar-refractivity contribution in [3.8, 4) is 0 Å². The highest BCUT2D eigenvalue weighted by Crippen LogP contribution is 2.28. The standard InChI is InChI=1S/C10H20O/c1-9-3-2-4-10(6-5-9)7-8-11/h9-11H,2-8H2,1H3. The van der Waals surface area contributed by atoms with Crippen LogP contribution >= 0.6 is 0 Å². The molecule has 0 amide bonds. The normalized spacial score (nSPS) is 33.3. The van der Waals surface area contributed by atoms with Gasteiger partial charge in [0.15, 0.2) is 0 Å². The molecule has 1 aliphatic rings.